The molecule has 0 saturated heterocycles. The van der Waals surface area contributed by atoms with Gasteiger partial charge in [0.05, 0.1) is 24.2 Å². The van der Waals surface area contributed by atoms with E-state index in [1.807, 2.05) is 32.0 Å². The van der Waals surface area contributed by atoms with Gasteiger partial charge in [-0.05, 0) is 31.5 Å². The lowest BCUT2D eigenvalue weighted by Crippen LogP contribution is -2.14. The molecule has 28 heavy (non-hydrogen) atoms. The predicted molar refractivity (Wildman–Crippen MR) is 103 cm³/mol. The van der Waals surface area contributed by atoms with E-state index in [9.17, 15) is 10.1 Å². The zero-order valence-electron chi connectivity index (χ0n) is 15.6. The lowest BCUT2D eigenvalue weighted by molar-refractivity contribution is -0.384. The van der Waals surface area contributed by atoms with Crippen LogP contribution in [0.2, 0.25) is 0 Å². The average molecular weight is 383 g/mol. The van der Waals surface area contributed by atoms with Gasteiger partial charge in [0.1, 0.15) is 5.82 Å². The van der Waals surface area contributed by atoms with Crippen LogP contribution in [0.4, 0.5) is 5.69 Å². The number of aromatic amines is 1. The van der Waals surface area contributed by atoms with Crippen molar-refractivity contribution in [1.29, 1.82) is 0 Å². The van der Waals surface area contributed by atoms with Crippen molar-refractivity contribution in [2.45, 2.75) is 19.9 Å². The first-order valence-corrected chi connectivity index (χ1v) is 8.85. The number of aromatic nitrogens is 3. The number of hydrogen-bond donors (Lipinski definition) is 2. The molecule has 0 spiro atoms. The Hall–Kier alpha value is -3.46. The number of nitro benzene ring substituents is 1. The van der Waals surface area contributed by atoms with E-state index in [4.69, 9.17) is 15.2 Å². The smallest absolute Gasteiger partial charge is 0.270 e. The third kappa shape index (κ3) is 4.09. The molecular weight excluding hydrogens is 362 g/mol. The standard InChI is InChI=1S/C19H21N5O4/c1-3-27-15-9-8-12(11-16(15)28-4-2)17(20)19-21-18(22-23-19)13-6-5-7-14(10-13)24(25)26/h5-11,17H,3-4,20H2,1-2H3,(H,21,22,23)/t17-/m1/s1. The summed E-state index contributed by atoms with van der Waals surface area (Å²) >= 11 is 0. The van der Waals surface area contributed by atoms with Crippen molar-refractivity contribution in [3.8, 4) is 22.9 Å². The highest BCUT2D eigenvalue weighted by atomic mass is 16.6. The maximum atomic E-state index is 11.0. The molecule has 9 nitrogen and oxygen atoms in total. The van der Waals surface area contributed by atoms with Crippen LogP contribution in [-0.4, -0.2) is 33.3 Å². The van der Waals surface area contributed by atoms with Crippen molar-refractivity contribution in [2.24, 2.45) is 5.73 Å². The van der Waals surface area contributed by atoms with Gasteiger partial charge in [0.2, 0.25) is 0 Å². The second-order valence-electron chi connectivity index (χ2n) is 5.90. The molecule has 1 heterocycles. The number of nitrogens with two attached hydrogens (primary N) is 1. The number of rotatable bonds is 8. The minimum absolute atomic E-state index is 0.0268. The minimum atomic E-state index is -0.574. The molecule has 0 unspecified atom stereocenters. The van der Waals surface area contributed by atoms with Gasteiger partial charge in [0.25, 0.3) is 5.69 Å². The summed E-state index contributed by atoms with van der Waals surface area (Å²) in [5.41, 5.74) is 7.61. The molecular formula is C19H21N5O4. The van der Waals surface area contributed by atoms with Crippen LogP contribution in [-0.2, 0) is 0 Å². The van der Waals surface area contributed by atoms with E-state index in [0.29, 0.717) is 41.9 Å². The molecule has 0 amide bonds. The molecule has 9 heteroatoms. The summed E-state index contributed by atoms with van der Waals surface area (Å²) in [5, 5.41) is 17.9. The molecule has 0 radical (unpaired) electrons. The van der Waals surface area contributed by atoms with Gasteiger partial charge >= 0.3 is 0 Å². The normalized spacial score (nSPS) is 11.8. The minimum Gasteiger partial charge on any atom is -0.490 e. The number of benzene rings is 2. The predicted octanol–water partition coefficient (Wildman–Crippen LogP) is 3.23. The molecule has 0 aliphatic heterocycles. The van der Waals surface area contributed by atoms with Gasteiger partial charge in [0, 0.05) is 17.7 Å². The van der Waals surface area contributed by atoms with Gasteiger partial charge in [0.15, 0.2) is 17.3 Å². The molecule has 0 aliphatic rings. The molecule has 3 aromatic rings. The number of H-pyrrole nitrogens is 1. The van der Waals surface area contributed by atoms with Crippen LogP contribution in [0.5, 0.6) is 11.5 Å². The fraction of sp³-hybridized carbons (Fsp3) is 0.263. The summed E-state index contributed by atoms with van der Waals surface area (Å²) in [6, 6.07) is 11.0. The first-order valence-electron chi connectivity index (χ1n) is 8.85. The SMILES string of the molecule is CCOc1ccc([C@@H](N)c2nc(-c3cccc([N+](=O)[O-])c3)n[nH]2)cc1OCC. The van der Waals surface area contributed by atoms with Gasteiger partial charge in [-0.15, -0.1) is 0 Å². The summed E-state index contributed by atoms with van der Waals surface area (Å²) in [5.74, 6) is 2.03. The Labute approximate surface area is 161 Å². The second-order valence-corrected chi connectivity index (χ2v) is 5.90. The summed E-state index contributed by atoms with van der Waals surface area (Å²) < 4.78 is 11.2. The fourth-order valence-corrected chi connectivity index (χ4v) is 2.72. The lowest BCUT2D eigenvalue weighted by Gasteiger charge is -2.14. The van der Waals surface area contributed by atoms with Crippen LogP contribution < -0.4 is 15.2 Å². The van der Waals surface area contributed by atoms with Crippen LogP contribution >= 0.6 is 0 Å². The molecule has 0 aliphatic carbocycles. The van der Waals surface area contributed by atoms with Gasteiger partial charge in [-0.3, -0.25) is 15.2 Å². The number of nitrogens with zero attached hydrogens (tertiary/aromatic N) is 3. The van der Waals surface area contributed by atoms with E-state index >= 15 is 0 Å². The third-order valence-electron chi connectivity index (χ3n) is 4.04. The molecule has 0 fully saturated rings. The number of nitrogens with one attached hydrogen (secondary N) is 1. The molecule has 0 saturated carbocycles. The largest absolute Gasteiger partial charge is 0.490 e. The Morgan fingerprint density at radius 2 is 1.89 bits per heavy atom. The number of ether oxygens (including phenoxy) is 2. The van der Waals surface area contributed by atoms with Crippen molar-refractivity contribution < 1.29 is 14.4 Å². The highest BCUT2D eigenvalue weighted by molar-refractivity contribution is 5.59. The van der Waals surface area contributed by atoms with Crippen LogP contribution in [0.15, 0.2) is 42.5 Å². The molecule has 3 N–H and O–H groups in total. The molecule has 1 atom stereocenters. The third-order valence-corrected chi connectivity index (χ3v) is 4.04. The zero-order valence-corrected chi connectivity index (χ0v) is 15.6. The molecule has 1 aromatic heterocycles. The second kappa shape index (κ2) is 8.49. The van der Waals surface area contributed by atoms with E-state index in [0.717, 1.165) is 5.56 Å². The van der Waals surface area contributed by atoms with Gasteiger partial charge in [-0.2, -0.15) is 5.10 Å². The quantitative estimate of drug-likeness (QED) is 0.451. The van der Waals surface area contributed by atoms with Gasteiger partial charge in [-0.1, -0.05) is 18.2 Å². The number of hydrogen-bond acceptors (Lipinski definition) is 7. The van der Waals surface area contributed by atoms with Crippen molar-refractivity contribution in [1.82, 2.24) is 15.2 Å². The van der Waals surface area contributed by atoms with E-state index in [1.54, 1.807) is 12.1 Å². The Morgan fingerprint density at radius 1 is 1.14 bits per heavy atom. The zero-order chi connectivity index (χ0) is 20.1. The van der Waals surface area contributed by atoms with Crippen molar-refractivity contribution >= 4 is 5.69 Å². The summed E-state index contributed by atoms with van der Waals surface area (Å²) in [4.78, 5) is 14.9. The Morgan fingerprint density at radius 3 is 2.61 bits per heavy atom. The van der Waals surface area contributed by atoms with Gasteiger partial charge in [-0.25, -0.2) is 4.98 Å². The maximum Gasteiger partial charge on any atom is 0.270 e. The molecule has 3 rings (SSSR count). The fourth-order valence-electron chi connectivity index (χ4n) is 2.72. The van der Waals surface area contributed by atoms with Crippen molar-refractivity contribution in [2.75, 3.05) is 13.2 Å². The molecule has 0 bridgehead atoms. The highest BCUT2D eigenvalue weighted by Gasteiger charge is 2.18. The van der Waals surface area contributed by atoms with E-state index in [2.05, 4.69) is 15.2 Å². The topological polar surface area (TPSA) is 129 Å². The Balaban J connectivity index is 1.88. The summed E-state index contributed by atoms with van der Waals surface area (Å²) in [7, 11) is 0. The van der Waals surface area contributed by atoms with E-state index in [1.165, 1.54) is 12.1 Å². The number of nitro groups is 1. The van der Waals surface area contributed by atoms with Crippen LogP contribution in [0.1, 0.15) is 31.3 Å². The molecule has 2 aromatic carbocycles. The van der Waals surface area contributed by atoms with Crippen molar-refractivity contribution in [3.05, 3.63) is 64.0 Å². The Bertz CT molecular complexity index is 972. The first-order chi connectivity index (χ1) is 13.5. The maximum absolute atomic E-state index is 11.0. The van der Waals surface area contributed by atoms with Gasteiger partial charge < -0.3 is 15.2 Å². The van der Waals surface area contributed by atoms with Crippen LogP contribution in [0, 0.1) is 10.1 Å². The number of non-ortho nitro benzene ring substituents is 1. The van der Waals surface area contributed by atoms with Crippen LogP contribution in [0.3, 0.4) is 0 Å². The Kier molecular flexibility index (Phi) is 5.85. The average Bonchev–Trinajstić information content (AvgIpc) is 3.19. The van der Waals surface area contributed by atoms with Crippen LogP contribution in [0.25, 0.3) is 11.4 Å². The van der Waals surface area contributed by atoms with E-state index < -0.39 is 11.0 Å². The summed E-state index contributed by atoms with van der Waals surface area (Å²) in [6.45, 7) is 4.82. The first kappa shape index (κ1) is 19.3. The monoisotopic (exact) mass is 383 g/mol. The molecule has 146 valence electrons. The van der Waals surface area contributed by atoms with E-state index in [-0.39, 0.29) is 5.69 Å². The summed E-state index contributed by atoms with van der Waals surface area (Å²) in [6.07, 6.45) is 0. The highest BCUT2D eigenvalue weighted by Crippen LogP contribution is 2.32. The lowest BCUT2D eigenvalue weighted by atomic mass is 10.1. The van der Waals surface area contributed by atoms with Crippen molar-refractivity contribution in [3.63, 3.8) is 0 Å².